The summed E-state index contributed by atoms with van der Waals surface area (Å²) in [6.45, 7) is 5.56. The van der Waals surface area contributed by atoms with Crippen LogP contribution in [0.4, 0.5) is 0 Å². The summed E-state index contributed by atoms with van der Waals surface area (Å²) in [6, 6.07) is 12.7. The van der Waals surface area contributed by atoms with E-state index in [1.54, 1.807) is 25.3 Å². The normalized spacial score (nSPS) is 12.1. The van der Waals surface area contributed by atoms with Crippen LogP contribution in [0.1, 0.15) is 38.2 Å². The average molecular weight is 479 g/mol. The highest BCUT2D eigenvalue weighted by molar-refractivity contribution is 7.98. The predicted molar refractivity (Wildman–Crippen MR) is 125 cm³/mol. The molecule has 0 bridgehead atoms. The molecule has 3 aromatic rings. The van der Waals surface area contributed by atoms with Crippen LogP contribution in [0.25, 0.3) is 5.69 Å². The van der Waals surface area contributed by atoms with Gasteiger partial charge in [-0.05, 0) is 42.8 Å². The standard InChI is InChI=1S/C22H24Cl2N4O2S/c1-13(2)21(29)25-14(3)20-26-27-22(28(20)19-11-16(23)8-9-18(19)24)31-12-15-6-5-7-17(10-15)30-4/h5-11,13-14H,12H2,1-4H3,(H,25,29). The third kappa shape index (κ3) is 5.73. The molecule has 0 aliphatic carbocycles. The number of thioether (sulfide) groups is 1. The molecule has 1 N–H and O–H groups in total. The molecule has 0 saturated heterocycles. The van der Waals surface area contributed by atoms with Gasteiger partial charge in [-0.15, -0.1) is 10.2 Å². The Morgan fingerprint density at radius 3 is 2.65 bits per heavy atom. The zero-order valence-corrected chi connectivity index (χ0v) is 20.1. The molecule has 0 aliphatic rings. The van der Waals surface area contributed by atoms with Crippen molar-refractivity contribution in [1.82, 2.24) is 20.1 Å². The molecule has 9 heteroatoms. The summed E-state index contributed by atoms with van der Waals surface area (Å²) in [4.78, 5) is 12.2. The lowest BCUT2D eigenvalue weighted by Crippen LogP contribution is -2.31. The van der Waals surface area contributed by atoms with Gasteiger partial charge in [0.2, 0.25) is 5.91 Å². The number of nitrogens with zero attached hydrogens (tertiary/aromatic N) is 3. The molecule has 3 rings (SSSR count). The molecular weight excluding hydrogens is 455 g/mol. The Kier molecular flexibility index (Phi) is 7.86. The van der Waals surface area contributed by atoms with Crippen LogP contribution in [0.3, 0.4) is 0 Å². The molecule has 2 aromatic carbocycles. The van der Waals surface area contributed by atoms with E-state index in [2.05, 4.69) is 15.5 Å². The third-order valence-corrected chi connectivity index (χ3v) is 6.13. The molecule has 0 spiro atoms. The van der Waals surface area contributed by atoms with Gasteiger partial charge in [0, 0.05) is 16.7 Å². The van der Waals surface area contributed by atoms with Crippen molar-refractivity contribution in [3.63, 3.8) is 0 Å². The number of carbonyl (C=O) groups is 1. The molecular formula is C22H24Cl2N4O2S. The lowest BCUT2D eigenvalue weighted by atomic mass is 10.2. The van der Waals surface area contributed by atoms with Crippen LogP contribution in [-0.4, -0.2) is 27.8 Å². The summed E-state index contributed by atoms with van der Waals surface area (Å²) >= 11 is 14.3. The lowest BCUT2D eigenvalue weighted by Gasteiger charge is -2.18. The number of halogens is 2. The van der Waals surface area contributed by atoms with Crippen LogP contribution in [0.2, 0.25) is 10.0 Å². The van der Waals surface area contributed by atoms with Crippen LogP contribution >= 0.6 is 35.0 Å². The topological polar surface area (TPSA) is 69.0 Å². The Balaban J connectivity index is 1.97. The molecule has 6 nitrogen and oxygen atoms in total. The summed E-state index contributed by atoms with van der Waals surface area (Å²) in [6.07, 6.45) is 0. The second-order valence-corrected chi connectivity index (χ2v) is 9.08. The summed E-state index contributed by atoms with van der Waals surface area (Å²) in [5, 5.41) is 13.4. The molecule has 1 unspecified atom stereocenters. The van der Waals surface area contributed by atoms with Crippen LogP contribution < -0.4 is 10.1 Å². The maximum atomic E-state index is 12.2. The molecule has 0 aliphatic heterocycles. The summed E-state index contributed by atoms with van der Waals surface area (Å²) in [5.74, 6) is 1.81. The minimum absolute atomic E-state index is 0.0650. The van der Waals surface area contributed by atoms with Crippen molar-refractivity contribution in [1.29, 1.82) is 0 Å². The Morgan fingerprint density at radius 2 is 1.94 bits per heavy atom. The number of carbonyl (C=O) groups excluding carboxylic acids is 1. The van der Waals surface area contributed by atoms with E-state index in [0.29, 0.717) is 32.5 Å². The number of methoxy groups -OCH3 is 1. The van der Waals surface area contributed by atoms with Crippen molar-refractivity contribution in [3.8, 4) is 11.4 Å². The minimum Gasteiger partial charge on any atom is -0.497 e. The van der Waals surface area contributed by atoms with Crippen molar-refractivity contribution in [2.75, 3.05) is 7.11 Å². The molecule has 1 amide bonds. The van der Waals surface area contributed by atoms with E-state index in [1.165, 1.54) is 11.8 Å². The molecule has 164 valence electrons. The number of hydrogen-bond donors (Lipinski definition) is 1. The van der Waals surface area contributed by atoms with E-state index >= 15 is 0 Å². The summed E-state index contributed by atoms with van der Waals surface area (Å²) in [7, 11) is 1.64. The predicted octanol–water partition coefficient (Wildman–Crippen LogP) is 5.71. The van der Waals surface area contributed by atoms with Crippen molar-refractivity contribution in [2.45, 2.75) is 37.7 Å². The first-order chi connectivity index (χ1) is 14.8. The van der Waals surface area contributed by atoms with Crippen LogP contribution in [0, 0.1) is 5.92 Å². The first-order valence-electron chi connectivity index (χ1n) is 9.77. The van der Waals surface area contributed by atoms with Gasteiger partial charge in [0.25, 0.3) is 0 Å². The van der Waals surface area contributed by atoms with Gasteiger partial charge in [-0.1, -0.05) is 60.9 Å². The smallest absolute Gasteiger partial charge is 0.223 e. The fourth-order valence-corrected chi connectivity index (χ4v) is 4.16. The van der Waals surface area contributed by atoms with E-state index < -0.39 is 0 Å². The fraction of sp³-hybridized carbons (Fsp3) is 0.318. The fourth-order valence-electron chi connectivity index (χ4n) is 2.89. The Hall–Kier alpha value is -2.22. The highest BCUT2D eigenvalue weighted by atomic mass is 35.5. The molecule has 31 heavy (non-hydrogen) atoms. The van der Waals surface area contributed by atoms with Crippen LogP contribution in [-0.2, 0) is 10.5 Å². The van der Waals surface area contributed by atoms with Crippen molar-refractivity contribution < 1.29 is 9.53 Å². The Morgan fingerprint density at radius 1 is 1.16 bits per heavy atom. The Labute approximate surface area is 196 Å². The van der Waals surface area contributed by atoms with E-state index in [0.717, 1.165) is 11.3 Å². The van der Waals surface area contributed by atoms with E-state index in [1.807, 2.05) is 49.6 Å². The quantitative estimate of drug-likeness (QED) is 0.420. The van der Waals surface area contributed by atoms with E-state index in [4.69, 9.17) is 27.9 Å². The largest absolute Gasteiger partial charge is 0.497 e. The van der Waals surface area contributed by atoms with Gasteiger partial charge in [0.15, 0.2) is 11.0 Å². The zero-order valence-electron chi connectivity index (χ0n) is 17.7. The number of aromatic nitrogens is 3. The van der Waals surface area contributed by atoms with Crippen molar-refractivity contribution in [2.24, 2.45) is 5.92 Å². The lowest BCUT2D eigenvalue weighted by molar-refractivity contribution is -0.124. The van der Waals surface area contributed by atoms with Crippen molar-refractivity contribution in [3.05, 3.63) is 63.9 Å². The van der Waals surface area contributed by atoms with Crippen LogP contribution in [0.15, 0.2) is 47.6 Å². The van der Waals surface area contributed by atoms with E-state index in [9.17, 15) is 4.79 Å². The summed E-state index contributed by atoms with van der Waals surface area (Å²) < 4.78 is 7.16. The second-order valence-electron chi connectivity index (χ2n) is 7.30. The maximum absolute atomic E-state index is 12.2. The van der Waals surface area contributed by atoms with Gasteiger partial charge in [-0.3, -0.25) is 9.36 Å². The number of hydrogen-bond acceptors (Lipinski definition) is 5. The van der Waals surface area contributed by atoms with E-state index in [-0.39, 0.29) is 17.9 Å². The number of ether oxygens (including phenoxy) is 1. The molecule has 1 atom stereocenters. The molecule has 0 saturated carbocycles. The van der Waals surface area contributed by atoms with Gasteiger partial charge >= 0.3 is 0 Å². The monoisotopic (exact) mass is 478 g/mol. The highest BCUT2D eigenvalue weighted by Crippen LogP contribution is 2.32. The van der Waals surface area contributed by atoms with Gasteiger partial charge in [-0.2, -0.15) is 0 Å². The SMILES string of the molecule is COc1cccc(CSc2nnc(C(C)NC(=O)C(C)C)n2-c2cc(Cl)ccc2Cl)c1. The van der Waals surface area contributed by atoms with Crippen LogP contribution in [0.5, 0.6) is 5.75 Å². The highest BCUT2D eigenvalue weighted by Gasteiger charge is 2.23. The molecule has 1 aromatic heterocycles. The van der Waals surface area contributed by atoms with Gasteiger partial charge in [0.1, 0.15) is 5.75 Å². The average Bonchev–Trinajstić information content (AvgIpc) is 3.17. The summed E-state index contributed by atoms with van der Waals surface area (Å²) in [5.41, 5.74) is 1.74. The minimum atomic E-state index is -0.372. The Bertz CT molecular complexity index is 1070. The molecule has 0 fully saturated rings. The van der Waals surface area contributed by atoms with Gasteiger partial charge in [-0.25, -0.2) is 0 Å². The van der Waals surface area contributed by atoms with Crippen molar-refractivity contribution >= 4 is 40.9 Å². The first kappa shape index (κ1) is 23.4. The molecule has 0 radical (unpaired) electrons. The number of amides is 1. The number of rotatable bonds is 8. The second kappa shape index (κ2) is 10.4. The number of benzene rings is 2. The number of nitrogens with one attached hydrogen (secondary N) is 1. The maximum Gasteiger partial charge on any atom is 0.223 e. The molecule has 1 heterocycles. The zero-order chi connectivity index (χ0) is 22.5. The third-order valence-electron chi connectivity index (χ3n) is 4.58. The first-order valence-corrected chi connectivity index (χ1v) is 11.5. The van der Waals surface area contributed by atoms with Gasteiger partial charge in [0.05, 0.1) is 23.9 Å². The van der Waals surface area contributed by atoms with Gasteiger partial charge < -0.3 is 10.1 Å².